The minimum atomic E-state index is -0.281. The lowest BCUT2D eigenvalue weighted by Gasteiger charge is -2.05. The molecule has 0 aliphatic heterocycles. The maximum absolute atomic E-state index is 13.2. The van der Waals surface area contributed by atoms with Gasteiger partial charge in [-0.25, -0.2) is 4.39 Å². The van der Waals surface area contributed by atoms with Crippen LogP contribution in [-0.2, 0) is 0 Å². The van der Waals surface area contributed by atoms with E-state index < -0.39 is 0 Å². The highest BCUT2D eigenvalue weighted by molar-refractivity contribution is 5.26. The van der Waals surface area contributed by atoms with Gasteiger partial charge < -0.3 is 4.74 Å². The Bertz CT molecular complexity index is 297. The Morgan fingerprint density at radius 3 is 2.92 bits per heavy atom. The number of hydrogen-bond acceptors (Lipinski definition) is 2. The average Bonchev–Trinajstić information content (AvgIpc) is 2.83. The lowest BCUT2D eigenvalue weighted by molar-refractivity contribution is 0.285. The van der Waals surface area contributed by atoms with E-state index in [2.05, 4.69) is 4.98 Å². The summed E-state index contributed by atoms with van der Waals surface area (Å²) in [6, 6.07) is 0. The molecule has 0 unspecified atom stereocenters. The van der Waals surface area contributed by atoms with Crippen LogP contribution in [0.1, 0.15) is 18.4 Å². The maximum atomic E-state index is 13.2. The van der Waals surface area contributed by atoms with E-state index in [1.807, 2.05) is 0 Å². The van der Waals surface area contributed by atoms with Gasteiger partial charge in [0.2, 0.25) is 0 Å². The van der Waals surface area contributed by atoms with Crippen LogP contribution in [0.15, 0.2) is 12.4 Å². The molecule has 1 aliphatic carbocycles. The van der Waals surface area contributed by atoms with Gasteiger partial charge in [0.15, 0.2) is 11.6 Å². The number of nitrogens with zero attached hydrogens (tertiary/aromatic N) is 1. The molecular weight excluding hydrogens is 157 g/mol. The third-order valence-corrected chi connectivity index (χ3v) is 1.84. The van der Waals surface area contributed by atoms with Crippen LogP contribution in [0.2, 0.25) is 0 Å². The van der Waals surface area contributed by atoms with Crippen LogP contribution in [0.25, 0.3) is 0 Å². The molecule has 1 aliphatic rings. The van der Waals surface area contributed by atoms with Gasteiger partial charge in [0.1, 0.15) is 0 Å². The highest BCUT2D eigenvalue weighted by Crippen LogP contribution is 2.28. The van der Waals surface area contributed by atoms with Crippen molar-refractivity contribution >= 4 is 0 Å². The van der Waals surface area contributed by atoms with Crippen molar-refractivity contribution in [3.63, 3.8) is 0 Å². The summed E-state index contributed by atoms with van der Waals surface area (Å²) in [6.07, 6.45) is 5.22. The summed E-state index contributed by atoms with van der Waals surface area (Å²) in [5.41, 5.74) is 0.535. The summed E-state index contributed by atoms with van der Waals surface area (Å²) < 4.78 is 18.5. The largest absolute Gasteiger partial charge is 0.486 e. The second-order valence-electron chi connectivity index (χ2n) is 3.09. The van der Waals surface area contributed by atoms with Gasteiger partial charge in [0.05, 0.1) is 12.3 Å². The molecule has 0 amide bonds. The molecule has 12 heavy (non-hydrogen) atoms. The van der Waals surface area contributed by atoms with Gasteiger partial charge in [-0.05, 0) is 19.8 Å². The number of ether oxygens (including phenoxy) is 1. The Labute approximate surface area is 70.4 Å². The summed E-state index contributed by atoms with van der Waals surface area (Å²) in [5, 5.41) is 0. The number of aromatic nitrogens is 1. The Hall–Kier alpha value is -1.12. The molecule has 1 heterocycles. The quantitative estimate of drug-likeness (QED) is 0.672. The first-order valence-corrected chi connectivity index (χ1v) is 4.04. The molecule has 0 N–H and O–H groups in total. The maximum Gasteiger partial charge on any atom is 0.173 e. The smallest absolute Gasteiger partial charge is 0.173 e. The first kappa shape index (κ1) is 7.53. The minimum Gasteiger partial charge on any atom is -0.486 e. The normalized spacial score (nSPS) is 16.2. The van der Waals surface area contributed by atoms with Crippen molar-refractivity contribution in [3.8, 4) is 5.75 Å². The zero-order valence-electron chi connectivity index (χ0n) is 6.88. The van der Waals surface area contributed by atoms with E-state index in [9.17, 15) is 4.39 Å². The summed E-state index contributed by atoms with van der Waals surface area (Å²) in [5.74, 6) is 0.00870. The predicted octanol–water partition coefficient (Wildman–Crippen LogP) is 2.07. The summed E-state index contributed by atoms with van der Waals surface area (Å²) >= 11 is 0. The Balaban J connectivity index is 2.23. The van der Waals surface area contributed by atoms with E-state index in [1.165, 1.54) is 12.4 Å². The van der Waals surface area contributed by atoms with Crippen LogP contribution in [0.4, 0.5) is 4.39 Å². The van der Waals surface area contributed by atoms with Crippen molar-refractivity contribution in [1.29, 1.82) is 0 Å². The molecule has 3 heteroatoms. The van der Waals surface area contributed by atoms with Crippen molar-refractivity contribution < 1.29 is 9.13 Å². The SMILES string of the molecule is Cc1cncc(OC2CC2)c1F. The van der Waals surface area contributed by atoms with Crippen LogP contribution in [0.3, 0.4) is 0 Å². The van der Waals surface area contributed by atoms with E-state index in [0.717, 1.165) is 12.8 Å². The fourth-order valence-corrected chi connectivity index (χ4v) is 0.972. The minimum absolute atomic E-state index is 0.225. The van der Waals surface area contributed by atoms with E-state index in [4.69, 9.17) is 4.74 Å². The van der Waals surface area contributed by atoms with Crippen molar-refractivity contribution in [2.24, 2.45) is 0 Å². The summed E-state index contributed by atoms with van der Waals surface area (Å²) in [7, 11) is 0. The van der Waals surface area contributed by atoms with Crippen LogP contribution >= 0.6 is 0 Å². The molecule has 0 atom stereocenters. The monoisotopic (exact) mass is 167 g/mol. The molecule has 0 radical (unpaired) electrons. The van der Waals surface area contributed by atoms with Gasteiger partial charge in [-0.15, -0.1) is 0 Å². The molecule has 1 aromatic heterocycles. The highest BCUT2D eigenvalue weighted by atomic mass is 19.1. The molecule has 2 nitrogen and oxygen atoms in total. The third kappa shape index (κ3) is 1.40. The topological polar surface area (TPSA) is 22.1 Å². The third-order valence-electron chi connectivity index (χ3n) is 1.84. The zero-order chi connectivity index (χ0) is 8.55. The second kappa shape index (κ2) is 2.73. The Morgan fingerprint density at radius 2 is 2.25 bits per heavy atom. The van der Waals surface area contributed by atoms with E-state index >= 15 is 0 Å². The molecule has 0 spiro atoms. The molecule has 1 saturated carbocycles. The molecule has 2 rings (SSSR count). The number of halogens is 1. The van der Waals surface area contributed by atoms with Gasteiger partial charge in [0, 0.05) is 11.8 Å². The predicted molar refractivity (Wildman–Crippen MR) is 42.6 cm³/mol. The summed E-state index contributed by atoms with van der Waals surface area (Å²) in [4.78, 5) is 3.86. The molecule has 1 fully saturated rings. The average molecular weight is 167 g/mol. The molecule has 0 aromatic carbocycles. The molecule has 64 valence electrons. The highest BCUT2D eigenvalue weighted by Gasteiger charge is 2.25. The summed E-state index contributed by atoms with van der Waals surface area (Å²) in [6.45, 7) is 1.68. The molecule has 1 aromatic rings. The first-order valence-electron chi connectivity index (χ1n) is 4.04. The van der Waals surface area contributed by atoms with E-state index in [0.29, 0.717) is 5.56 Å². The standard InChI is InChI=1S/C9H10FNO/c1-6-4-11-5-8(9(6)10)12-7-2-3-7/h4-5,7H,2-3H2,1H3. The van der Waals surface area contributed by atoms with Gasteiger partial charge in [-0.3, -0.25) is 4.98 Å². The van der Waals surface area contributed by atoms with E-state index in [1.54, 1.807) is 6.92 Å². The van der Waals surface area contributed by atoms with Crippen LogP contribution in [-0.4, -0.2) is 11.1 Å². The lowest BCUT2D eigenvalue weighted by Crippen LogP contribution is -2.00. The van der Waals surface area contributed by atoms with Crippen LogP contribution in [0.5, 0.6) is 5.75 Å². The fourth-order valence-electron chi connectivity index (χ4n) is 0.972. The Morgan fingerprint density at radius 1 is 1.50 bits per heavy atom. The van der Waals surface area contributed by atoms with Crippen molar-refractivity contribution in [2.45, 2.75) is 25.9 Å². The number of aryl methyl sites for hydroxylation is 1. The van der Waals surface area contributed by atoms with Gasteiger partial charge in [0.25, 0.3) is 0 Å². The van der Waals surface area contributed by atoms with Crippen LogP contribution < -0.4 is 4.74 Å². The lowest BCUT2D eigenvalue weighted by atomic mass is 10.3. The zero-order valence-corrected chi connectivity index (χ0v) is 6.88. The van der Waals surface area contributed by atoms with Gasteiger partial charge >= 0.3 is 0 Å². The van der Waals surface area contributed by atoms with Crippen molar-refractivity contribution in [2.75, 3.05) is 0 Å². The number of pyridine rings is 1. The number of rotatable bonds is 2. The Kier molecular flexibility index (Phi) is 1.71. The molecule has 0 saturated heterocycles. The van der Waals surface area contributed by atoms with Gasteiger partial charge in [-0.2, -0.15) is 0 Å². The second-order valence-corrected chi connectivity index (χ2v) is 3.09. The van der Waals surface area contributed by atoms with Crippen molar-refractivity contribution in [3.05, 3.63) is 23.8 Å². The number of hydrogen-bond donors (Lipinski definition) is 0. The molecule has 0 bridgehead atoms. The fraction of sp³-hybridized carbons (Fsp3) is 0.444. The molecular formula is C9H10FNO. The van der Waals surface area contributed by atoms with Crippen molar-refractivity contribution in [1.82, 2.24) is 4.98 Å². The van der Waals surface area contributed by atoms with E-state index in [-0.39, 0.29) is 17.7 Å². The van der Waals surface area contributed by atoms with Crippen LogP contribution in [0, 0.1) is 12.7 Å². The first-order chi connectivity index (χ1) is 5.77. The van der Waals surface area contributed by atoms with Gasteiger partial charge in [-0.1, -0.05) is 0 Å².